The summed E-state index contributed by atoms with van der Waals surface area (Å²) in [6.45, 7) is 7.55. The van der Waals surface area contributed by atoms with Gasteiger partial charge < -0.3 is 10.2 Å². The molecule has 1 unspecified atom stereocenters. The van der Waals surface area contributed by atoms with Gasteiger partial charge in [-0.15, -0.1) is 0 Å². The summed E-state index contributed by atoms with van der Waals surface area (Å²) < 4.78 is 26.7. The fourth-order valence-corrected chi connectivity index (χ4v) is 4.72. The number of rotatable bonds is 10. The minimum Gasteiger partial charge on any atom is -0.357 e. The van der Waals surface area contributed by atoms with Crippen LogP contribution in [0.2, 0.25) is 0 Å². The van der Waals surface area contributed by atoms with Crippen LogP contribution < -0.4 is 9.62 Å². The van der Waals surface area contributed by atoms with E-state index in [0.717, 1.165) is 27.3 Å². The monoisotopic (exact) mass is 473 g/mol. The van der Waals surface area contributed by atoms with Crippen LogP contribution in [0.25, 0.3) is 0 Å². The average Bonchev–Trinajstić information content (AvgIpc) is 2.77. The number of para-hydroxylation sites is 1. The molecule has 0 fully saturated rings. The number of amides is 2. The summed E-state index contributed by atoms with van der Waals surface area (Å²) in [5.41, 5.74) is 3.21. The lowest BCUT2D eigenvalue weighted by Gasteiger charge is -2.33. The van der Waals surface area contributed by atoms with E-state index < -0.39 is 22.0 Å². The Labute approximate surface area is 197 Å². The number of carbonyl (C=O) groups excluding carboxylic acids is 2. The van der Waals surface area contributed by atoms with E-state index in [9.17, 15) is 18.0 Å². The lowest BCUT2D eigenvalue weighted by molar-refractivity contribution is -0.140. The molecule has 8 heteroatoms. The van der Waals surface area contributed by atoms with Gasteiger partial charge in [0.05, 0.1) is 11.9 Å². The maximum atomic E-state index is 13.6. The number of anilines is 1. The van der Waals surface area contributed by atoms with Crippen LogP contribution in [0.4, 0.5) is 5.69 Å². The highest BCUT2D eigenvalue weighted by Gasteiger charge is 2.32. The third-order valence-electron chi connectivity index (χ3n) is 5.74. The van der Waals surface area contributed by atoms with E-state index in [2.05, 4.69) is 5.32 Å². The second-order valence-electron chi connectivity index (χ2n) is 8.47. The van der Waals surface area contributed by atoms with Crippen molar-refractivity contribution < 1.29 is 18.0 Å². The van der Waals surface area contributed by atoms with Gasteiger partial charge in [-0.3, -0.25) is 13.9 Å². The molecule has 0 aliphatic heterocycles. The van der Waals surface area contributed by atoms with E-state index in [1.807, 2.05) is 64.1 Å². The van der Waals surface area contributed by atoms with Crippen molar-refractivity contribution in [3.8, 4) is 0 Å². The molecular weight excluding hydrogens is 438 g/mol. The van der Waals surface area contributed by atoms with Crippen molar-refractivity contribution in [1.29, 1.82) is 0 Å². The molecule has 0 aliphatic rings. The highest BCUT2D eigenvalue weighted by Crippen LogP contribution is 2.29. The first-order valence-electron chi connectivity index (χ1n) is 11.1. The molecule has 2 aromatic rings. The Morgan fingerprint density at radius 2 is 1.64 bits per heavy atom. The summed E-state index contributed by atoms with van der Waals surface area (Å²) in [5, 5.41) is 2.63. The van der Waals surface area contributed by atoms with Crippen molar-refractivity contribution >= 4 is 27.5 Å². The summed E-state index contributed by atoms with van der Waals surface area (Å²) in [4.78, 5) is 27.7. The zero-order valence-electron chi connectivity index (χ0n) is 20.3. The first kappa shape index (κ1) is 26.4. The van der Waals surface area contributed by atoms with Crippen molar-refractivity contribution in [2.45, 2.75) is 52.6 Å². The molecule has 0 aliphatic carbocycles. The van der Waals surface area contributed by atoms with E-state index in [0.29, 0.717) is 12.1 Å². The standard InChI is InChI=1S/C25H35N3O4S/c1-7-22(25(30)26-5)27(16-20-13-9-8-12-19(20)4)24(29)17-28(33(6,31)32)23-15-11-10-14-21(23)18(2)3/h8-15,18,22H,7,16-17H2,1-6H3,(H,26,30). The minimum atomic E-state index is -3.76. The lowest BCUT2D eigenvalue weighted by atomic mass is 10.0. The zero-order valence-corrected chi connectivity index (χ0v) is 21.1. The summed E-state index contributed by atoms with van der Waals surface area (Å²) >= 11 is 0. The van der Waals surface area contributed by atoms with Crippen LogP contribution in [0.5, 0.6) is 0 Å². The third-order valence-corrected chi connectivity index (χ3v) is 6.87. The number of hydrogen-bond donors (Lipinski definition) is 1. The minimum absolute atomic E-state index is 0.0675. The number of nitrogens with one attached hydrogen (secondary N) is 1. The number of hydrogen-bond acceptors (Lipinski definition) is 4. The first-order chi connectivity index (χ1) is 15.5. The molecule has 0 bridgehead atoms. The molecule has 2 amide bonds. The topological polar surface area (TPSA) is 86.8 Å². The normalized spacial score (nSPS) is 12.3. The molecule has 0 spiro atoms. The fourth-order valence-electron chi connectivity index (χ4n) is 3.85. The Morgan fingerprint density at radius 1 is 1.03 bits per heavy atom. The van der Waals surface area contributed by atoms with Crippen molar-refractivity contribution in [3.63, 3.8) is 0 Å². The number of aryl methyl sites for hydroxylation is 1. The Hall–Kier alpha value is -2.87. The van der Waals surface area contributed by atoms with Crippen LogP contribution in [0, 0.1) is 6.92 Å². The predicted octanol–water partition coefficient (Wildman–Crippen LogP) is 3.44. The highest BCUT2D eigenvalue weighted by molar-refractivity contribution is 7.92. The van der Waals surface area contributed by atoms with Gasteiger partial charge in [-0.25, -0.2) is 8.42 Å². The Bertz CT molecular complexity index is 1080. The molecule has 1 atom stereocenters. The molecule has 0 aromatic heterocycles. The zero-order chi connectivity index (χ0) is 24.8. The van der Waals surface area contributed by atoms with Crippen LogP contribution in [-0.2, 0) is 26.2 Å². The molecular formula is C25H35N3O4S. The Balaban J connectivity index is 2.51. The van der Waals surface area contributed by atoms with Crippen LogP contribution in [0.3, 0.4) is 0 Å². The number of carbonyl (C=O) groups is 2. The van der Waals surface area contributed by atoms with Crippen LogP contribution in [-0.4, -0.2) is 51.0 Å². The number of likely N-dealkylation sites (N-methyl/N-ethyl adjacent to an activating group) is 1. The van der Waals surface area contributed by atoms with Crippen molar-refractivity contribution in [1.82, 2.24) is 10.2 Å². The largest absolute Gasteiger partial charge is 0.357 e. The van der Waals surface area contributed by atoms with E-state index in [-0.39, 0.29) is 24.9 Å². The molecule has 33 heavy (non-hydrogen) atoms. The van der Waals surface area contributed by atoms with E-state index in [4.69, 9.17) is 0 Å². The second-order valence-corrected chi connectivity index (χ2v) is 10.4. The van der Waals surface area contributed by atoms with E-state index in [1.165, 1.54) is 11.9 Å². The predicted molar refractivity (Wildman–Crippen MR) is 133 cm³/mol. The first-order valence-corrected chi connectivity index (χ1v) is 13.0. The average molecular weight is 474 g/mol. The van der Waals surface area contributed by atoms with Gasteiger partial charge in [0.25, 0.3) is 0 Å². The van der Waals surface area contributed by atoms with Crippen molar-refractivity contribution in [2.75, 3.05) is 24.2 Å². The Kier molecular flexibility index (Phi) is 9.05. The summed E-state index contributed by atoms with van der Waals surface area (Å²) in [6, 6.07) is 14.1. The van der Waals surface area contributed by atoms with Gasteiger partial charge in [0.1, 0.15) is 12.6 Å². The van der Waals surface area contributed by atoms with Gasteiger partial charge in [0.2, 0.25) is 21.8 Å². The van der Waals surface area contributed by atoms with Crippen molar-refractivity contribution in [3.05, 3.63) is 65.2 Å². The number of benzene rings is 2. The second kappa shape index (κ2) is 11.3. The van der Waals surface area contributed by atoms with E-state index in [1.54, 1.807) is 12.1 Å². The summed E-state index contributed by atoms with van der Waals surface area (Å²) in [5.74, 6) is -0.650. The van der Waals surface area contributed by atoms with Gasteiger partial charge in [0, 0.05) is 13.6 Å². The molecule has 2 aromatic carbocycles. The molecule has 0 radical (unpaired) electrons. The van der Waals surface area contributed by atoms with Gasteiger partial charge in [-0.1, -0.05) is 63.2 Å². The van der Waals surface area contributed by atoms with E-state index >= 15 is 0 Å². The molecule has 0 saturated carbocycles. The molecule has 2 rings (SSSR count). The highest BCUT2D eigenvalue weighted by atomic mass is 32.2. The SMILES string of the molecule is CCC(C(=O)NC)N(Cc1ccccc1C)C(=O)CN(c1ccccc1C(C)C)S(C)(=O)=O. The molecule has 1 N–H and O–H groups in total. The third kappa shape index (κ3) is 6.57. The Morgan fingerprint density at radius 3 is 2.18 bits per heavy atom. The fraction of sp³-hybridized carbons (Fsp3) is 0.440. The number of nitrogens with zero attached hydrogens (tertiary/aromatic N) is 2. The maximum absolute atomic E-state index is 13.6. The van der Waals surface area contributed by atoms with Gasteiger partial charge >= 0.3 is 0 Å². The lowest BCUT2D eigenvalue weighted by Crippen LogP contribution is -2.51. The van der Waals surface area contributed by atoms with Crippen LogP contribution >= 0.6 is 0 Å². The molecule has 180 valence electrons. The molecule has 7 nitrogen and oxygen atoms in total. The molecule has 0 saturated heterocycles. The van der Waals surface area contributed by atoms with Crippen LogP contribution in [0.1, 0.15) is 49.8 Å². The summed E-state index contributed by atoms with van der Waals surface area (Å²) in [7, 11) is -2.23. The molecule has 0 heterocycles. The van der Waals surface area contributed by atoms with Gasteiger partial charge in [0.15, 0.2) is 0 Å². The van der Waals surface area contributed by atoms with Crippen LogP contribution in [0.15, 0.2) is 48.5 Å². The van der Waals surface area contributed by atoms with Gasteiger partial charge in [-0.05, 0) is 42.0 Å². The quantitative estimate of drug-likeness (QED) is 0.573. The van der Waals surface area contributed by atoms with Crippen molar-refractivity contribution in [2.24, 2.45) is 0 Å². The van der Waals surface area contributed by atoms with Gasteiger partial charge in [-0.2, -0.15) is 0 Å². The maximum Gasteiger partial charge on any atom is 0.244 e. The summed E-state index contributed by atoms with van der Waals surface area (Å²) in [6.07, 6.45) is 1.50. The number of sulfonamides is 1. The smallest absolute Gasteiger partial charge is 0.244 e.